The highest BCUT2D eigenvalue weighted by atomic mass is 32.1. The third-order valence-electron chi connectivity index (χ3n) is 3.15. The molecule has 1 aromatic heterocycles. The van der Waals surface area contributed by atoms with Gasteiger partial charge in [-0.2, -0.15) is 0 Å². The normalized spacial score (nSPS) is 21.0. The van der Waals surface area contributed by atoms with Crippen LogP contribution in [0.2, 0.25) is 0 Å². The number of morpholine rings is 1. The lowest BCUT2D eigenvalue weighted by molar-refractivity contribution is 0.0384. The largest absolute Gasteiger partial charge is 0.375 e. The Labute approximate surface area is 105 Å². The smallest absolute Gasteiger partial charge is 0.186 e. The van der Waals surface area contributed by atoms with Gasteiger partial charge in [0.1, 0.15) is 0 Å². The monoisotopic (exact) mass is 248 g/mol. The Hall–Kier alpha value is -1.13. The van der Waals surface area contributed by atoms with Crippen LogP contribution in [0.25, 0.3) is 10.2 Å². The summed E-state index contributed by atoms with van der Waals surface area (Å²) in [4.78, 5) is 7.04. The van der Waals surface area contributed by atoms with Crippen molar-refractivity contribution in [2.24, 2.45) is 0 Å². The maximum atomic E-state index is 5.69. The summed E-state index contributed by atoms with van der Waals surface area (Å²) < 4.78 is 6.95. The lowest BCUT2D eigenvalue weighted by atomic mass is 10.2. The molecule has 1 aliphatic rings. The summed E-state index contributed by atoms with van der Waals surface area (Å²) in [7, 11) is 0. The number of rotatable bonds is 2. The van der Waals surface area contributed by atoms with E-state index < -0.39 is 0 Å². The summed E-state index contributed by atoms with van der Waals surface area (Å²) in [6, 6.07) is 8.32. The second kappa shape index (κ2) is 4.63. The summed E-state index contributed by atoms with van der Waals surface area (Å²) >= 11 is 1.78. The predicted octanol–water partition coefficient (Wildman–Crippen LogP) is 2.91. The lowest BCUT2D eigenvalue weighted by Gasteiger charge is -2.32. The number of para-hydroxylation sites is 1. The molecule has 0 amide bonds. The van der Waals surface area contributed by atoms with Crippen molar-refractivity contribution in [3.63, 3.8) is 0 Å². The number of ether oxygens (including phenoxy) is 1. The van der Waals surface area contributed by atoms with Gasteiger partial charge < -0.3 is 9.64 Å². The van der Waals surface area contributed by atoms with E-state index >= 15 is 0 Å². The van der Waals surface area contributed by atoms with Gasteiger partial charge in [-0.05, 0) is 18.6 Å². The Kier molecular flexibility index (Phi) is 2.99. The fourth-order valence-electron chi connectivity index (χ4n) is 2.14. The van der Waals surface area contributed by atoms with Gasteiger partial charge in [-0.25, -0.2) is 4.98 Å². The molecule has 2 heterocycles. The molecule has 0 N–H and O–H groups in total. The SMILES string of the molecule is CC[C@H]1CN(c2nc3ccccc3s2)CCO1. The van der Waals surface area contributed by atoms with Gasteiger partial charge in [0.05, 0.1) is 22.9 Å². The van der Waals surface area contributed by atoms with E-state index in [1.165, 1.54) is 4.70 Å². The second-order valence-electron chi connectivity index (χ2n) is 4.31. The first kappa shape index (κ1) is 11.0. The van der Waals surface area contributed by atoms with E-state index in [0.29, 0.717) is 6.10 Å². The Morgan fingerprint density at radius 2 is 2.35 bits per heavy atom. The number of hydrogen-bond donors (Lipinski definition) is 0. The van der Waals surface area contributed by atoms with Gasteiger partial charge in [0, 0.05) is 13.1 Å². The van der Waals surface area contributed by atoms with Crippen molar-refractivity contribution in [3.8, 4) is 0 Å². The highest BCUT2D eigenvalue weighted by Crippen LogP contribution is 2.29. The van der Waals surface area contributed by atoms with E-state index in [0.717, 1.165) is 36.8 Å². The molecule has 0 radical (unpaired) electrons. The molecule has 1 atom stereocenters. The van der Waals surface area contributed by atoms with Gasteiger partial charge in [-0.1, -0.05) is 30.4 Å². The Morgan fingerprint density at radius 1 is 1.47 bits per heavy atom. The average Bonchev–Trinajstić information content (AvgIpc) is 2.82. The van der Waals surface area contributed by atoms with Crippen LogP contribution in [0.4, 0.5) is 5.13 Å². The van der Waals surface area contributed by atoms with E-state index in [1.807, 2.05) is 6.07 Å². The molecule has 0 unspecified atom stereocenters. The quantitative estimate of drug-likeness (QED) is 0.817. The maximum Gasteiger partial charge on any atom is 0.186 e. The zero-order valence-electron chi connectivity index (χ0n) is 9.93. The van der Waals surface area contributed by atoms with Gasteiger partial charge in [-0.15, -0.1) is 0 Å². The molecule has 17 heavy (non-hydrogen) atoms. The molecule has 1 aromatic carbocycles. The average molecular weight is 248 g/mol. The summed E-state index contributed by atoms with van der Waals surface area (Å²) in [5.74, 6) is 0. The molecule has 0 aliphatic carbocycles. The van der Waals surface area contributed by atoms with Crippen LogP contribution in [0.1, 0.15) is 13.3 Å². The van der Waals surface area contributed by atoms with Crippen LogP contribution in [0.3, 0.4) is 0 Å². The molecular weight excluding hydrogens is 232 g/mol. The molecule has 0 spiro atoms. The molecule has 3 rings (SSSR count). The topological polar surface area (TPSA) is 25.4 Å². The van der Waals surface area contributed by atoms with Crippen molar-refractivity contribution < 1.29 is 4.74 Å². The molecule has 1 saturated heterocycles. The molecule has 2 aromatic rings. The number of hydrogen-bond acceptors (Lipinski definition) is 4. The summed E-state index contributed by atoms with van der Waals surface area (Å²) in [5.41, 5.74) is 1.10. The maximum absolute atomic E-state index is 5.69. The number of thiazole rings is 1. The van der Waals surface area contributed by atoms with Crippen molar-refractivity contribution in [2.45, 2.75) is 19.4 Å². The molecule has 1 fully saturated rings. The van der Waals surface area contributed by atoms with Crippen LogP contribution in [-0.2, 0) is 4.74 Å². The first-order valence-corrected chi connectivity index (χ1v) is 6.90. The predicted molar refractivity (Wildman–Crippen MR) is 71.9 cm³/mol. The molecule has 0 saturated carbocycles. The van der Waals surface area contributed by atoms with Crippen molar-refractivity contribution in [1.29, 1.82) is 0 Å². The first-order valence-electron chi connectivity index (χ1n) is 6.09. The minimum Gasteiger partial charge on any atom is -0.375 e. The van der Waals surface area contributed by atoms with Crippen molar-refractivity contribution in [3.05, 3.63) is 24.3 Å². The van der Waals surface area contributed by atoms with Gasteiger partial charge in [-0.3, -0.25) is 0 Å². The van der Waals surface area contributed by atoms with Crippen molar-refractivity contribution >= 4 is 26.7 Å². The Bertz CT molecular complexity index is 478. The highest BCUT2D eigenvalue weighted by molar-refractivity contribution is 7.22. The lowest BCUT2D eigenvalue weighted by Crippen LogP contribution is -2.42. The van der Waals surface area contributed by atoms with Crippen molar-refractivity contribution in [1.82, 2.24) is 4.98 Å². The third kappa shape index (κ3) is 2.15. The Balaban J connectivity index is 1.87. The fourth-order valence-corrected chi connectivity index (χ4v) is 3.14. The van der Waals surface area contributed by atoms with E-state index in [1.54, 1.807) is 11.3 Å². The van der Waals surface area contributed by atoms with Crippen LogP contribution < -0.4 is 4.90 Å². The summed E-state index contributed by atoms with van der Waals surface area (Å²) in [5, 5.41) is 1.13. The van der Waals surface area contributed by atoms with Crippen molar-refractivity contribution in [2.75, 3.05) is 24.6 Å². The molecule has 1 aliphatic heterocycles. The number of benzene rings is 1. The molecule has 90 valence electrons. The van der Waals surface area contributed by atoms with Crippen LogP contribution in [0.5, 0.6) is 0 Å². The molecule has 4 heteroatoms. The first-order chi connectivity index (χ1) is 8.36. The van der Waals surface area contributed by atoms with E-state index in [-0.39, 0.29) is 0 Å². The van der Waals surface area contributed by atoms with Crippen LogP contribution in [-0.4, -0.2) is 30.8 Å². The third-order valence-corrected chi connectivity index (χ3v) is 4.24. The van der Waals surface area contributed by atoms with Gasteiger partial charge in [0.2, 0.25) is 0 Å². The van der Waals surface area contributed by atoms with Crippen LogP contribution >= 0.6 is 11.3 Å². The fraction of sp³-hybridized carbons (Fsp3) is 0.462. The van der Waals surface area contributed by atoms with E-state index in [9.17, 15) is 0 Å². The summed E-state index contributed by atoms with van der Waals surface area (Å²) in [6.07, 6.45) is 1.43. The molecule has 0 bridgehead atoms. The standard InChI is InChI=1S/C13H16N2OS/c1-2-10-9-15(7-8-16-10)13-14-11-5-3-4-6-12(11)17-13/h3-6,10H,2,7-9H2,1H3/t10-/m0/s1. The van der Waals surface area contributed by atoms with Crippen LogP contribution in [0, 0.1) is 0 Å². The Morgan fingerprint density at radius 3 is 3.18 bits per heavy atom. The van der Waals surface area contributed by atoms with E-state index in [2.05, 4.69) is 30.0 Å². The second-order valence-corrected chi connectivity index (χ2v) is 5.32. The van der Waals surface area contributed by atoms with Crippen LogP contribution in [0.15, 0.2) is 24.3 Å². The number of nitrogens with zero attached hydrogens (tertiary/aromatic N) is 2. The number of fused-ring (bicyclic) bond motifs is 1. The minimum atomic E-state index is 0.357. The van der Waals surface area contributed by atoms with Gasteiger partial charge in [0.25, 0.3) is 0 Å². The number of aromatic nitrogens is 1. The van der Waals surface area contributed by atoms with Gasteiger partial charge in [0.15, 0.2) is 5.13 Å². The highest BCUT2D eigenvalue weighted by Gasteiger charge is 2.21. The zero-order valence-corrected chi connectivity index (χ0v) is 10.7. The zero-order chi connectivity index (χ0) is 11.7. The number of anilines is 1. The van der Waals surface area contributed by atoms with E-state index in [4.69, 9.17) is 9.72 Å². The molecule has 3 nitrogen and oxygen atoms in total. The molecular formula is C13H16N2OS. The summed E-state index contributed by atoms with van der Waals surface area (Å²) in [6.45, 7) is 4.91. The minimum absolute atomic E-state index is 0.357. The van der Waals surface area contributed by atoms with Gasteiger partial charge >= 0.3 is 0 Å².